The van der Waals surface area contributed by atoms with Gasteiger partial charge in [0.15, 0.2) is 0 Å². The molecular formula is C13H26B-. The van der Waals surface area contributed by atoms with Crippen molar-refractivity contribution < 1.29 is 0 Å². The Morgan fingerprint density at radius 1 is 0.643 bits per heavy atom. The molecule has 0 unspecified atom stereocenters. The van der Waals surface area contributed by atoms with E-state index in [1.54, 1.807) is 25.7 Å². The van der Waals surface area contributed by atoms with E-state index in [1.165, 1.54) is 50.2 Å². The predicted octanol–water partition coefficient (Wildman–Crippen LogP) is 4.51. The van der Waals surface area contributed by atoms with Crippen LogP contribution >= 0.6 is 0 Å². The highest BCUT2D eigenvalue weighted by atomic mass is 14.2. The molecule has 82 valence electrons. The van der Waals surface area contributed by atoms with Gasteiger partial charge < -0.3 is 0 Å². The van der Waals surface area contributed by atoms with Gasteiger partial charge in [-0.05, 0) is 6.71 Å². The molecule has 0 aromatic carbocycles. The van der Waals surface area contributed by atoms with Gasteiger partial charge in [-0.25, -0.2) is 0 Å². The Kier molecular flexibility index (Phi) is 3.95. The van der Waals surface area contributed by atoms with Crippen molar-refractivity contribution in [3.8, 4) is 0 Å². The Hall–Kier alpha value is 0.0649. The van der Waals surface area contributed by atoms with Crippen molar-refractivity contribution in [2.45, 2.75) is 82.7 Å². The first-order valence-electron chi connectivity index (χ1n) is 7.16. The van der Waals surface area contributed by atoms with Crippen molar-refractivity contribution in [2.24, 2.45) is 0 Å². The minimum absolute atomic E-state index is 0.196. The van der Waals surface area contributed by atoms with E-state index in [-0.39, 0.29) is 6.71 Å². The number of hydrogen-bond donors (Lipinski definition) is 0. The van der Waals surface area contributed by atoms with Gasteiger partial charge in [0.2, 0.25) is 0 Å². The fourth-order valence-corrected chi connectivity index (χ4v) is 4.13. The molecular weight excluding hydrogens is 167 g/mol. The van der Waals surface area contributed by atoms with Crippen LogP contribution in [-0.2, 0) is 0 Å². The smallest absolute Gasteiger partial charge is 0.0129 e. The first-order chi connectivity index (χ1) is 6.88. The van der Waals surface area contributed by atoms with Gasteiger partial charge in [0.1, 0.15) is 0 Å². The molecule has 0 saturated heterocycles. The zero-order chi connectivity index (χ0) is 9.80. The molecule has 2 fully saturated rings. The Balaban J connectivity index is 1.82. The van der Waals surface area contributed by atoms with Gasteiger partial charge in [-0.3, -0.25) is 0 Å². The van der Waals surface area contributed by atoms with Gasteiger partial charge in [0.05, 0.1) is 0 Å². The van der Waals surface area contributed by atoms with Crippen LogP contribution in [0.2, 0.25) is 18.5 Å². The second kappa shape index (κ2) is 5.23. The summed E-state index contributed by atoms with van der Waals surface area (Å²) in [7, 11) is 0. The highest BCUT2D eigenvalue weighted by molar-refractivity contribution is 6.60. The SMILES string of the molecule is C[BH-](C1CCCCC1)C1CCCCC1. The van der Waals surface area contributed by atoms with Crippen LogP contribution in [0.15, 0.2) is 0 Å². The highest BCUT2D eigenvalue weighted by Gasteiger charge is 2.22. The number of rotatable bonds is 2. The molecule has 2 aliphatic rings. The van der Waals surface area contributed by atoms with E-state index in [1.807, 2.05) is 0 Å². The summed E-state index contributed by atoms with van der Waals surface area (Å²) in [6.45, 7) is 2.83. The monoisotopic (exact) mass is 193 g/mol. The summed E-state index contributed by atoms with van der Waals surface area (Å²) in [6.07, 6.45) is 15.5. The molecule has 0 N–H and O–H groups in total. The van der Waals surface area contributed by atoms with Crippen LogP contribution in [0, 0.1) is 0 Å². The van der Waals surface area contributed by atoms with Gasteiger partial charge in [-0.1, -0.05) is 64.2 Å². The average Bonchev–Trinajstić information content (AvgIpc) is 2.30. The first-order valence-corrected chi connectivity index (χ1v) is 7.16. The lowest BCUT2D eigenvalue weighted by Crippen LogP contribution is -2.26. The van der Waals surface area contributed by atoms with E-state index < -0.39 is 0 Å². The van der Waals surface area contributed by atoms with Crippen LogP contribution in [0.25, 0.3) is 0 Å². The Morgan fingerprint density at radius 2 is 1.00 bits per heavy atom. The van der Waals surface area contributed by atoms with Gasteiger partial charge in [0, 0.05) is 0 Å². The maximum atomic E-state index is 2.63. The third-order valence-electron chi connectivity index (χ3n) is 5.27. The van der Waals surface area contributed by atoms with Crippen LogP contribution in [0.1, 0.15) is 64.2 Å². The quantitative estimate of drug-likeness (QED) is 0.566. The van der Waals surface area contributed by atoms with Crippen LogP contribution in [0.5, 0.6) is 0 Å². The van der Waals surface area contributed by atoms with E-state index in [2.05, 4.69) is 6.82 Å². The molecule has 0 heterocycles. The van der Waals surface area contributed by atoms with Crippen LogP contribution in [0.3, 0.4) is 0 Å². The third-order valence-corrected chi connectivity index (χ3v) is 5.27. The van der Waals surface area contributed by atoms with Crippen molar-refractivity contribution in [1.29, 1.82) is 0 Å². The molecule has 0 nitrogen and oxygen atoms in total. The molecule has 2 saturated carbocycles. The Labute approximate surface area is 89.9 Å². The second-order valence-electron chi connectivity index (χ2n) is 6.06. The summed E-state index contributed by atoms with van der Waals surface area (Å²) in [5, 5.41) is 0. The van der Waals surface area contributed by atoms with Crippen LogP contribution in [-0.4, -0.2) is 6.71 Å². The van der Waals surface area contributed by atoms with Gasteiger partial charge in [-0.15, -0.1) is 0 Å². The lowest BCUT2D eigenvalue weighted by Gasteiger charge is -2.40. The second-order valence-corrected chi connectivity index (χ2v) is 6.06. The molecule has 2 rings (SSSR count). The zero-order valence-corrected chi connectivity index (χ0v) is 9.93. The van der Waals surface area contributed by atoms with E-state index >= 15 is 0 Å². The molecule has 0 atom stereocenters. The summed E-state index contributed by atoms with van der Waals surface area (Å²) in [5.74, 6) is 2.35. The summed E-state index contributed by atoms with van der Waals surface area (Å²) >= 11 is 0. The molecule has 0 bridgehead atoms. The lowest BCUT2D eigenvalue weighted by molar-refractivity contribution is 0.463. The molecule has 14 heavy (non-hydrogen) atoms. The van der Waals surface area contributed by atoms with Gasteiger partial charge >= 0.3 is 0 Å². The maximum absolute atomic E-state index is 2.63. The summed E-state index contributed by atoms with van der Waals surface area (Å²) in [6, 6.07) is 0. The van der Waals surface area contributed by atoms with E-state index in [0.717, 1.165) is 0 Å². The summed E-state index contributed by atoms with van der Waals surface area (Å²) in [4.78, 5) is 0. The fraction of sp³-hybridized carbons (Fsp3) is 1.00. The van der Waals surface area contributed by atoms with Crippen molar-refractivity contribution in [1.82, 2.24) is 0 Å². The van der Waals surface area contributed by atoms with Gasteiger partial charge in [0.25, 0.3) is 0 Å². The molecule has 0 amide bonds. The van der Waals surface area contributed by atoms with Crippen molar-refractivity contribution >= 4 is 6.71 Å². The Morgan fingerprint density at radius 3 is 1.36 bits per heavy atom. The molecule has 0 aliphatic heterocycles. The molecule has 0 aromatic rings. The normalized spacial score (nSPS) is 27.0. The largest absolute Gasteiger partial charge is 0.192 e. The van der Waals surface area contributed by atoms with Crippen molar-refractivity contribution in [2.75, 3.05) is 0 Å². The highest BCUT2D eigenvalue weighted by Crippen LogP contribution is 2.40. The summed E-state index contributed by atoms with van der Waals surface area (Å²) < 4.78 is 0. The van der Waals surface area contributed by atoms with Crippen molar-refractivity contribution in [3.05, 3.63) is 0 Å². The van der Waals surface area contributed by atoms with Crippen LogP contribution in [0.4, 0.5) is 0 Å². The zero-order valence-electron chi connectivity index (χ0n) is 9.93. The van der Waals surface area contributed by atoms with Crippen LogP contribution < -0.4 is 0 Å². The molecule has 0 aromatic heterocycles. The molecule has 0 radical (unpaired) electrons. The lowest BCUT2D eigenvalue weighted by atomic mass is 9.32. The molecule has 1 heteroatoms. The maximum Gasteiger partial charge on any atom is -0.0129 e. The predicted molar refractivity (Wildman–Crippen MR) is 66.7 cm³/mol. The number of hydrogen-bond acceptors (Lipinski definition) is 0. The first kappa shape index (κ1) is 10.6. The minimum atomic E-state index is 0.196. The van der Waals surface area contributed by atoms with E-state index in [0.29, 0.717) is 0 Å². The van der Waals surface area contributed by atoms with Gasteiger partial charge in [-0.2, -0.15) is 18.5 Å². The standard InChI is InChI=1S/C13H26B/c1-14(12-8-4-2-5-9-12)13-10-6-3-7-11-13/h12-14H,2-11H2,1H3/q-1. The average molecular weight is 193 g/mol. The fourth-order valence-electron chi connectivity index (χ4n) is 4.13. The topological polar surface area (TPSA) is 0 Å². The van der Waals surface area contributed by atoms with E-state index in [9.17, 15) is 0 Å². The van der Waals surface area contributed by atoms with Crippen molar-refractivity contribution in [3.63, 3.8) is 0 Å². The third kappa shape index (κ3) is 2.55. The Bertz CT molecular complexity index is 137. The summed E-state index contributed by atoms with van der Waals surface area (Å²) in [5.41, 5.74) is 0. The minimum Gasteiger partial charge on any atom is -0.192 e. The molecule has 0 spiro atoms. The van der Waals surface area contributed by atoms with E-state index in [4.69, 9.17) is 0 Å². The molecule has 2 aliphatic carbocycles.